The molecule has 0 spiro atoms. The van der Waals surface area contributed by atoms with Crippen LogP contribution in [0.4, 0.5) is 0 Å². The zero-order chi connectivity index (χ0) is 11.5. The molecule has 2 N–H and O–H groups in total. The first-order valence-corrected chi connectivity index (χ1v) is 6.37. The largest absolute Gasteiger partial charge is 0.389 e. The lowest BCUT2D eigenvalue weighted by Gasteiger charge is -2.38. The van der Waals surface area contributed by atoms with Gasteiger partial charge in [0.25, 0.3) is 0 Å². The van der Waals surface area contributed by atoms with E-state index in [0.29, 0.717) is 12.0 Å². The Labute approximate surface area is 94.5 Å². The van der Waals surface area contributed by atoms with Gasteiger partial charge < -0.3 is 10.4 Å². The van der Waals surface area contributed by atoms with E-state index < -0.39 is 5.60 Å². The summed E-state index contributed by atoms with van der Waals surface area (Å²) in [5, 5.41) is 13.8. The topological polar surface area (TPSA) is 32.3 Å². The van der Waals surface area contributed by atoms with Gasteiger partial charge in [-0.25, -0.2) is 0 Å². The highest BCUT2D eigenvalue weighted by atomic mass is 16.3. The van der Waals surface area contributed by atoms with E-state index in [1.807, 2.05) is 6.92 Å². The molecule has 15 heavy (non-hydrogen) atoms. The Bertz CT molecular complexity index is 181. The van der Waals surface area contributed by atoms with Crippen molar-refractivity contribution in [2.75, 3.05) is 6.54 Å². The lowest BCUT2D eigenvalue weighted by molar-refractivity contribution is -0.0213. The van der Waals surface area contributed by atoms with Crippen LogP contribution in [0.1, 0.15) is 53.4 Å². The first-order valence-electron chi connectivity index (χ1n) is 6.37. The standard InChI is InChI=1S/C13H27NO/c1-10(2)14-9-13(4,15)12-7-5-11(3)6-8-12/h10-12,14-15H,5-9H2,1-4H3. The van der Waals surface area contributed by atoms with Crippen molar-refractivity contribution in [3.63, 3.8) is 0 Å². The van der Waals surface area contributed by atoms with Crippen LogP contribution in [0.5, 0.6) is 0 Å². The Hall–Kier alpha value is -0.0800. The average molecular weight is 213 g/mol. The van der Waals surface area contributed by atoms with Crippen molar-refractivity contribution in [3.05, 3.63) is 0 Å². The minimum Gasteiger partial charge on any atom is -0.389 e. The van der Waals surface area contributed by atoms with E-state index >= 15 is 0 Å². The van der Waals surface area contributed by atoms with Crippen molar-refractivity contribution in [1.82, 2.24) is 5.32 Å². The van der Waals surface area contributed by atoms with Gasteiger partial charge in [-0.2, -0.15) is 0 Å². The van der Waals surface area contributed by atoms with E-state index in [9.17, 15) is 5.11 Å². The van der Waals surface area contributed by atoms with Crippen LogP contribution in [-0.2, 0) is 0 Å². The fourth-order valence-corrected chi connectivity index (χ4v) is 2.44. The van der Waals surface area contributed by atoms with Crippen LogP contribution in [0.15, 0.2) is 0 Å². The van der Waals surface area contributed by atoms with Gasteiger partial charge in [0, 0.05) is 12.6 Å². The van der Waals surface area contributed by atoms with Crippen LogP contribution in [0.2, 0.25) is 0 Å². The molecule has 90 valence electrons. The lowest BCUT2D eigenvalue weighted by atomic mass is 9.74. The van der Waals surface area contributed by atoms with E-state index in [0.717, 1.165) is 12.5 Å². The summed E-state index contributed by atoms with van der Waals surface area (Å²) >= 11 is 0. The predicted octanol–water partition coefficient (Wildman–Crippen LogP) is 2.56. The average Bonchev–Trinajstić information content (AvgIpc) is 2.16. The molecule has 1 rings (SSSR count). The first kappa shape index (κ1) is 13.0. The third kappa shape index (κ3) is 4.12. The highest BCUT2D eigenvalue weighted by Crippen LogP contribution is 2.34. The zero-order valence-corrected chi connectivity index (χ0v) is 10.7. The van der Waals surface area contributed by atoms with Crippen molar-refractivity contribution < 1.29 is 5.11 Å². The molecule has 0 aromatic carbocycles. The second-order valence-corrected chi connectivity index (χ2v) is 5.85. The molecule has 2 heteroatoms. The van der Waals surface area contributed by atoms with E-state index in [1.54, 1.807) is 0 Å². The van der Waals surface area contributed by atoms with Gasteiger partial charge in [0.15, 0.2) is 0 Å². The molecule has 0 aromatic heterocycles. The molecule has 0 aliphatic heterocycles. The van der Waals surface area contributed by atoms with Gasteiger partial charge in [0.05, 0.1) is 5.60 Å². The Morgan fingerprint density at radius 2 is 1.80 bits per heavy atom. The number of hydrogen-bond donors (Lipinski definition) is 2. The Morgan fingerprint density at radius 3 is 2.27 bits per heavy atom. The lowest BCUT2D eigenvalue weighted by Crippen LogP contribution is -2.47. The Morgan fingerprint density at radius 1 is 1.27 bits per heavy atom. The van der Waals surface area contributed by atoms with Gasteiger partial charge in [0.2, 0.25) is 0 Å². The maximum atomic E-state index is 10.4. The van der Waals surface area contributed by atoms with Crippen LogP contribution in [0, 0.1) is 11.8 Å². The van der Waals surface area contributed by atoms with Crippen molar-refractivity contribution in [2.24, 2.45) is 11.8 Å². The minimum atomic E-state index is -0.523. The molecule has 1 aliphatic rings. The van der Waals surface area contributed by atoms with Crippen LogP contribution >= 0.6 is 0 Å². The summed E-state index contributed by atoms with van der Waals surface area (Å²) in [4.78, 5) is 0. The molecule has 0 heterocycles. The number of aliphatic hydroxyl groups is 1. The van der Waals surface area contributed by atoms with E-state index in [2.05, 4.69) is 26.1 Å². The van der Waals surface area contributed by atoms with Crippen LogP contribution in [0.3, 0.4) is 0 Å². The molecule has 1 fully saturated rings. The molecule has 1 unspecified atom stereocenters. The van der Waals surface area contributed by atoms with Gasteiger partial charge in [-0.3, -0.25) is 0 Å². The first-order chi connectivity index (χ1) is 6.92. The molecule has 0 radical (unpaired) electrons. The molecule has 0 amide bonds. The molecular weight excluding hydrogens is 186 g/mol. The molecule has 1 aliphatic carbocycles. The van der Waals surface area contributed by atoms with Gasteiger partial charge >= 0.3 is 0 Å². The summed E-state index contributed by atoms with van der Waals surface area (Å²) in [6, 6.07) is 0.457. The molecule has 0 bridgehead atoms. The fraction of sp³-hybridized carbons (Fsp3) is 1.00. The summed E-state index contributed by atoms with van der Waals surface area (Å²) in [5.41, 5.74) is -0.523. The summed E-state index contributed by atoms with van der Waals surface area (Å²) in [5.74, 6) is 1.34. The maximum absolute atomic E-state index is 10.4. The Balaban J connectivity index is 2.39. The monoisotopic (exact) mass is 213 g/mol. The van der Waals surface area contributed by atoms with Gasteiger partial charge in [-0.1, -0.05) is 33.6 Å². The molecule has 1 atom stereocenters. The highest BCUT2D eigenvalue weighted by molar-refractivity contribution is 4.87. The predicted molar refractivity (Wildman–Crippen MR) is 64.9 cm³/mol. The molecule has 2 nitrogen and oxygen atoms in total. The highest BCUT2D eigenvalue weighted by Gasteiger charge is 2.33. The van der Waals surface area contributed by atoms with Gasteiger partial charge in [-0.05, 0) is 31.6 Å². The number of hydrogen-bond acceptors (Lipinski definition) is 2. The van der Waals surface area contributed by atoms with Crippen molar-refractivity contribution in [3.8, 4) is 0 Å². The molecule has 1 saturated carbocycles. The van der Waals surface area contributed by atoms with Crippen molar-refractivity contribution in [1.29, 1.82) is 0 Å². The smallest absolute Gasteiger partial charge is 0.0771 e. The summed E-state index contributed by atoms with van der Waals surface area (Å²) < 4.78 is 0. The molecule has 0 saturated heterocycles. The second-order valence-electron chi connectivity index (χ2n) is 5.85. The quantitative estimate of drug-likeness (QED) is 0.752. The van der Waals surface area contributed by atoms with E-state index in [1.165, 1.54) is 25.7 Å². The number of nitrogens with one attached hydrogen (secondary N) is 1. The van der Waals surface area contributed by atoms with E-state index in [-0.39, 0.29) is 0 Å². The SMILES string of the molecule is CC1CCC(C(C)(O)CNC(C)C)CC1. The van der Waals surface area contributed by atoms with Crippen molar-refractivity contribution >= 4 is 0 Å². The minimum absolute atomic E-state index is 0.457. The van der Waals surface area contributed by atoms with Crippen LogP contribution in [0.25, 0.3) is 0 Å². The normalized spacial score (nSPS) is 31.6. The second kappa shape index (κ2) is 5.31. The van der Waals surface area contributed by atoms with Gasteiger partial charge in [-0.15, -0.1) is 0 Å². The van der Waals surface area contributed by atoms with Crippen molar-refractivity contribution in [2.45, 2.75) is 65.0 Å². The number of rotatable bonds is 4. The summed E-state index contributed by atoms with van der Waals surface area (Å²) in [6.07, 6.45) is 4.94. The van der Waals surface area contributed by atoms with E-state index in [4.69, 9.17) is 0 Å². The van der Waals surface area contributed by atoms with Gasteiger partial charge in [0.1, 0.15) is 0 Å². The zero-order valence-electron chi connectivity index (χ0n) is 10.7. The molecular formula is C13H27NO. The maximum Gasteiger partial charge on any atom is 0.0771 e. The Kier molecular flexibility index (Phi) is 4.60. The molecule has 0 aromatic rings. The van der Waals surface area contributed by atoms with Crippen LogP contribution < -0.4 is 5.32 Å². The third-order valence-corrected chi connectivity index (χ3v) is 3.76. The summed E-state index contributed by atoms with van der Waals surface area (Å²) in [6.45, 7) is 9.28. The third-order valence-electron chi connectivity index (χ3n) is 3.76. The fourth-order valence-electron chi connectivity index (χ4n) is 2.44. The van der Waals surface area contributed by atoms with Crippen LogP contribution in [-0.4, -0.2) is 23.3 Å². The summed E-state index contributed by atoms with van der Waals surface area (Å²) in [7, 11) is 0.